The molecule has 3 saturated carbocycles. The number of nitrogens with one attached hydrogen (secondary N) is 1. The first-order valence-electron chi connectivity index (χ1n) is 25.3. The zero-order chi connectivity index (χ0) is 52.7. The Morgan fingerprint density at radius 2 is 1.45 bits per heavy atom. The number of imide groups is 1. The number of allylic oxidation sites excluding steroid dienone is 4. The summed E-state index contributed by atoms with van der Waals surface area (Å²) in [7, 11) is 0. The Balaban J connectivity index is 0.766. The van der Waals surface area contributed by atoms with Gasteiger partial charge in [-0.25, -0.2) is 8.78 Å². The summed E-state index contributed by atoms with van der Waals surface area (Å²) in [4.78, 5) is 64.8. The quantitative estimate of drug-likeness (QED) is 0.0492. The number of aliphatic hydroxyl groups is 2. The molecule has 2 heterocycles. The van der Waals surface area contributed by atoms with Crippen LogP contribution >= 0.6 is 11.8 Å². The van der Waals surface area contributed by atoms with Gasteiger partial charge < -0.3 is 53.4 Å². The smallest absolute Gasteiger partial charge is 0.253 e. The van der Waals surface area contributed by atoms with Crippen LogP contribution < -0.4 is 5.32 Å². The molecule has 404 valence electrons. The molecule has 74 heavy (non-hydrogen) atoms. The predicted octanol–water partition coefficient (Wildman–Crippen LogP) is 5.61. The molecule has 7 rings (SSSR count). The molecule has 5 aliphatic rings. The summed E-state index contributed by atoms with van der Waals surface area (Å²) in [5.74, 6) is -3.56. The van der Waals surface area contributed by atoms with Gasteiger partial charge >= 0.3 is 0 Å². The van der Waals surface area contributed by atoms with E-state index >= 15 is 8.78 Å². The number of alkyl halides is 2. The van der Waals surface area contributed by atoms with Gasteiger partial charge in [-0.05, 0) is 79.7 Å². The van der Waals surface area contributed by atoms with Crippen molar-refractivity contribution in [3.05, 3.63) is 90.0 Å². The van der Waals surface area contributed by atoms with Gasteiger partial charge in [-0.15, -0.1) is 0 Å². The molecule has 4 fully saturated rings. The van der Waals surface area contributed by atoms with Crippen molar-refractivity contribution in [2.45, 2.75) is 98.1 Å². The second-order valence-corrected chi connectivity index (χ2v) is 20.2. The molecule has 0 radical (unpaired) electrons. The number of rotatable bonds is 30. The number of carbonyl (C=O) groups is 5. The van der Waals surface area contributed by atoms with Crippen LogP contribution in [0.3, 0.4) is 0 Å². The van der Waals surface area contributed by atoms with E-state index in [-0.39, 0.29) is 68.7 Å². The summed E-state index contributed by atoms with van der Waals surface area (Å²) in [5.41, 5.74) is -3.93. The number of Topliss-reactive ketones (excluding diaryl/α,β-unsaturated/α-hetero) is 1. The van der Waals surface area contributed by atoms with Gasteiger partial charge in [-0.2, -0.15) is 0 Å². The lowest BCUT2D eigenvalue weighted by molar-refractivity contribution is -0.217. The molecular weight excluding hydrogens is 987 g/mol. The predicted molar refractivity (Wildman–Crippen MR) is 265 cm³/mol. The minimum atomic E-state index is -2.24. The van der Waals surface area contributed by atoms with Crippen molar-refractivity contribution in [2.75, 3.05) is 97.8 Å². The van der Waals surface area contributed by atoms with Crippen LogP contribution in [0.5, 0.6) is 0 Å². The van der Waals surface area contributed by atoms with E-state index < -0.39 is 77.8 Å². The number of anilines is 1. The number of nitrogens with zero attached hydrogens (tertiary/aromatic N) is 1. The number of hydrogen-bond donors (Lipinski definition) is 3. The van der Waals surface area contributed by atoms with Crippen LogP contribution in [0.25, 0.3) is 0 Å². The number of halogens is 2. The Kier molecular flexibility index (Phi) is 20.8. The first-order chi connectivity index (χ1) is 35.7. The molecule has 3 amide bonds. The van der Waals surface area contributed by atoms with Crippen LogP contribution in [-0.2, 0) is 61.9 Å². The van der Waals surface area contributed by atoms with Gasteiger partial charge in [0.1, 0.15) is 18.4 Å². The van der Waals surface area contributed by atoms with E-state index in [1.807, 2.05) is 49.4 Å². The number of ketones is 2. The molecule has 3 aliphatic carbocycles. The fourth-order valence-electron chi connectivity index (χ4n) is 10.8. The van der Waals surface area contributed by atoms with E-state index in [4.69, 9.17) is 37.9 Å². The SMILES string of the molecule is CC/C=C\C(=O)/C=C1\C[C@@]2(F)[C@@H](O)C[C@@]3(C)[C@@H](C[C@H]4O[C@@H](c5ccc(Sc6cccc(NC(=O)CCOCCOCCOCCOCCOCCOCCN7C(=O)C=CC7=O)c6)cc5)O[C@]43C(=O)CO)[C@@H]2C[C@@H]1F. The summed E-state index contributed by atoms with van der Waals surface area (Å²) in [6.45, 7) is 7.15. The molecule has 0 bridgehead atoms. The molecule has 0 aromatic heterocycles. The Morgan fingerprint density at radius 1 is 0.838 bits per heavy atom. The number of fused-ring (bicyclic) bond motifs is 5. The molecule has 2 aliphatic heterocycles. The monoisotopic (exact) mass is 1050 g/mol. The molecule has 2 aromatic rings. The van der Waals surface area contributed by atoms with Gasteiger partial charge in [0.15, 0.2) is 23.5 Å². The number of aliphatic hydroxyl groups excluding tert-OH is 2. The first kappa shape index (κ1) is 57.1. The van der Waals surface area contributed by atoms with Crippen LogP contribution in [0.1, 0.15) is 64.2 Å². The minimum absolute atomic E-state index is 0.00754. The van der Waals surface area contributed by atoms with Gasteiger partial charge in [0.2, 0.25) is 5.91 Å². The third kappa shape index (κ3) is 13.7. The zero-order valence-electron chi connectivity index (χ0n) is 41.9. The molecule has 9 atom stereocenters. The lowest BCUT2D eigenvalue weighted by Crippen LogP contribution is -2.66. The number of benzene rings is 2. The zero-order valence-corrected chi connectivity index (χ0v) is 42.7. The maximum atomic E-state index is 17.1. The van der Waals surface area contributed by atoms with Crippen molar-refractivity contribution in [3.8, 4) is 0 Å². The van der Waals surface area contributed by atoms with E-state index in [1.165, 1.54) is 30.0 Å². The van der Waals surface area contributed by atoms with Crippen molar-refractivity contribution in [3.63, 3.8) is 0 Å². The van der Waals surface area contributed by atoms with E-state index in [9.17, 15) is 34.2 Å². The second-order valence-electron chi connectivity index (χ2n) is 19.0. The van der Waals surface area contributed by atoms with Crippen molar-refractivity contribution in [1.29, 1.82) is 0 Å². The summed E-state index contributed by atoms with van der Waals surface area (Å²) in [5, 5.41) is 24.7. The standard InChI is InChI=1S/C54H68F2N2O15S/c1-3-4-7-39(60)29-37-33-53(56)43(31-44(37)55)42-32-47-54(46(62)35-59,52(42,2)34-45(53)61)73-51(72-47)36-9-11-40(12-10-36)74-41-8-5-6-38(30-41)57-48(63)15-17-66-19-21-68-23-25-70-27-28-71-26-24-69-22-20-67-18-16-58-49(64)13-14-50(58)65/h4-14,29-30,42-45,47,51,59,61H,3,15-28,31-35H2,1-2H3,(H,57,63)/b7-4-,37-29+/t42-,43-,44-,45-,47+,51+,52-,53-,54+/m0/s1. The highest BCUT2D eigenvalue weighted by molar-refractivity contribution is 7.99. The average Bonchev–Trinajstić information content (AvgIpc) is 4.01. The number of carbonyl (C=O) groups excluding carboxylic acids is 5. The van der Waals surface area contributed by atoms with Crippen molar-refractivity contribution < 1.29 is 80.9 Å². The molecule has 20 heteroatoms. The Morgan fingerprint density at radius 3 is 2.05 bits per heavy atom. The topological polar surface area (TPSA) is 215 Å². The summed E-state index contributed by atoms with van der Waals surface area (Å²) in [6.07, 6.45) is 1.47. The highest BCUT2D eigenvalue weighted by atomic mass is 32.2. The van der Waals surface area contributed by atoms with Crippen molar-refractivity contribution in [2.24, 2.45) is 17.3 Å². The third-order valence-corrected chi connectivity index (χ3v) is 15.4. The maximum absolute atomic E-state index is 17.1. The summed E-state index contributed by atoms with van der Waals surface area (Å²) >= 11 is 1.46. The molecule has 2 aromatic carbocycles. The molecule has 0 spiro atoms. The van der Waals surface area contributed by atoms with E-state index in [2.05, 4.69) is 5.32 Å². The Bertz CT molecular complexity index is 2340. The molecule has 1 saturated heterocycles. The Labute approximate surface area is 434 Å². The lowest BCUT2D eigenvalue weighted by atomic mass is 9.50. The van der Waals surface area contributed by atoms with E-state index in [0.717, 1.165) is 20.8 Å². The fourth-order valence-corrected chi connectivity index (χ4v) is 11.7. The van der Waals surface area contributed by atoms with Crippen molar-refractivity contribution in [1.82, 2.24) is 4.90 Å². The largest absolute Gasteiger partial charge is 0.390 e. The summed E-state index contributed by atoms with van der Waals surface area (Å²) in [6, 6.07) is 14.8. The van der Waals surface area contributed by atoms with E-state index in [1.54, 1.807) is 19.1 Å². The Hall–Kier alpha value is -4.58. The second kappa shape index (κ2) is 27.0. The van der Waals surface area contributed by atoms with Crippen LogP contribution in [-0.4, -0.2) is 166 Å². The van der Waals surface area contributed by atoms with Gasteiger partial charge in [0, 0.05) is 50.9 Å². The highest BCUT2D eigenvalue weighted by Crippen LogP contribution is 2.69. The van der Waals surface area contributed by atoms with E-state index in [0.29, 0.717) is 83.7 Å². The van der Waals surface area contributed by atoms with Crippen LogP contribution in [0.4, 0.5) is 14.5 Å². The van der Waals surface area contributed by atoms with Gasteiger partial charge in [-0.1, -0.05) is 49.9 Å². The van der Waals surface area contributed by atoms with Gasteiger partial charge in [-0.3, -0.25) is 28.9 Å². The lowest BCUT2D eigenvalue weighted by Gasteiger charge is -2.57. The number of amides is 3. The van der Waals surface area contributed by atoms with Crippen LogP contribution in [0, 0.1) is 17.3 Å². The third-order valence-electron chi connectivity index (χ3n) is 14.4. The molecular formula is C54H68F2N2O15S. The molecule has 17 nitrogen and oxygen atoms in total. The number of ether oxygens (including phenoxy) is 8. The van der Waals surface area contributed by atoms with Gasteiger partial charge in [0.25, 0.3) is 11.8 Å². The van der Waals surface area contributed by atoms with Crippen molar-refractivity contribution >= 4 is 46.7 Å². The van der Waals surface area contributed by atoms with Gasteiger partial charge in [0.05, 0.1) is 104 Å². The number of hydrogen-bond acceptors (Lipinski definition) is 16. The first-order valence-corrected chi connectivity index (χ1v) is 26.1. The van der Waals surface area contributed by atoms with Crippen LogP contribution in [0.15, 0.2) is 94.3 Å². The minimum Gasteiger partial charge on any atom is -0.390 e. The van der Waals surface area contributed by atoms with Crippen LogP contribution in [0.2, 0.25) is 0 Å². The highest BCUT2D eigenvalue weighted by Gasteiger charge is 2.77. The molecule has 0 unspecified atom stereocenters. The maximum Gasteiger partial charge on any atom is 0.253 e. The summed E-state index contributed by atoms with van der Waals surface area (Å²) < 4.78 is 78.8. The average molecular weight is 1060 g/mol. The fraction of sp³-hybridized carbons (Fsp3) is 0.574. The molecule has 3 N–H and O–H groups in total. The normalized spacial score (nSPS) is 28.8.